The van der Waals surface area contributed by atoms with Crippen molar-refractivity contribution in [3.05, 3.63) is 59.2 Å². The van der Waals surface area contributed by atoms with Crippen LogP contribution in [0.4, 0.5) is 20.2 Å². The fourth-order valence-corrected chi connectivity index (χ4v) is 3.57. The van der Waals surface area contributed by atoms with E-state index in [0.29, 0.717) is 6.54 Å². The molecule has 1 heterocycles. The van der Waals surface area contributed by atoms with E-state index < -0.39 is 17.5 Å². The summed E-state index contributed by atoms with van der Waals surface area (Å²) in [6, 6.07) is 9.39. The normalized spacial score (nSPS) is 14.5. The summed E-state index contributed by atoms with van der Waals surface area (Å²) in [5.74, 6) is -2.74. The molecular formula is C22H27F2N4O2+. The van der Waals surface area contributed by atoms with Gasteiger partial charge in [0.15, 0.2) is 18.2 Å². The fraction of sp³-hybridized carbons (Fsp3) is 0.364. The number of carbonyl (C=O) groups is 2. The van der Waals surface area contributed by atoms with Gasteiger partial charge in [0, 0.05) is 17.4 Å². The minimum atomic E-state index is -1.04. The Balaban J connectivity index is 1.41. The van der Waals surface area contributed by atoms with Crippen molar-refractivity contribution in [2.24, 2.45) is 0 Å². The van der Waals surface area contributed by atoms with E-state index in [9.17, 15) is 18.4 Å². The molecule has 1 aliphatic rings. The second-order valence-electron chi connectivity index (χ2n) is 7.59. The Morgan fingerprint density at radius 3 is 2.47 bits per heavy atom. The number of hydrogen-bond acceptors (Lipinski definition) is 3. The summed E-state index contributed by atoms with van der Waals surface area (Å²) in [7, 11) is 0. The number of halogens is 2. The van der Waals surface area contributed by atoms with Gasteiger partial charge in [0.2, 0.25) is 5.91 Å². The molecule has 160 valence electrons. The number of aryl methyl sites for hydroxylation is 1. The van der Waals surface area contributed by atoms with Crippen LogP contribution in [-0.4, -0.2) is 51.1 Å². The van der Waals surface area contributed by atoms with Gasteiger partial charge in [-0.1, -0.05) is 12.1 Å². The molecule has 0 aliphatic carbocycles. The standard InChI is InChI=1S/C22H26F2N4O2/c1-15-4-3-5-20(16(15)2)28-10-8-27(9-11-28)14-22(30)25-13-21(29)26-17-6-7-18(23)19(24)12-17/h3-7,12H,8-11,13-14H2,1-2H3,(H,25,30)(H,26,29)/p+1. The second kappa shape index (κ2) is 9.67. The number of anilines is 2. The van der Waals surface area contributed by atoms with Gasteiger partial charge in [0.25, 0.3) is 5.91 Å². The number of nitrogens with one attached hydrogen (secondary N) is 3. The summed E-state index contributed by atoms with van der Waals surface area (Å²) in [6.07, 6.45) is 0. The Morgan fingerprint density at radius 1 is 1.03 bits per heavy atom. The summed E-state index contributed by atoms with van der Waals surface area (Å²) in [6.45, 7) is 7.70. The predicted molar refractivity (Wildman–Crippen MR) is 112 cm³/mol. The number of carbonyl (C=O) groups excluding carboxylic acids is 2. The molecule has 3 rings (SSSR count). The highest BCUT2D eigenvalue weighted by molar-refractivity contribution is 5.94. The fourth-order valence-electron chi connectivity index (χ4n) is 3.57. The third-order valence-electron chi connectivity index (χ3n) is 5.45. The number of piperazine rings is 1. The van der Waals surface area contributed by atoms with Crippen molar-refractivity contribution >= 4 is 23.2 Å². The Morgan fingerprint density at radius 2 is 1.77 bits per heavy atom. The maximum atomic E-state index is 13.2. The molecule has 1 aliphatic heterocycles. The van der Waals surface area contributed by atoms with E-state index in [2.05, 4.69) is 47.6 Å². The van der Waals surface area contributed by atoms with Gasteiger partial charge in [-0.25, -0.2) is 8.78 Å². The van der Waals surface area contributed by atoms with Crippen molar-refractivity contribution in [1.29, 1.82) is 0 Å². The van der Waals surface area contributed by atoms with Gasteiger partial charge < -0.3 is 20.4 Å². The predicted octanol–water partition coefficient (Wildman–Crippen LogP) is 1.04. The lowest BCUT2D eigenvalue weighted by Gasteiger charge is -2.34. The third-order valence-corrected chi connectivity index (χ3v) is 5.45. The first kappa shape index (κ1) is 21.7. The first-order chi connectivity index (χ1) is 14.3. The van der Waals surface area contributed by atoms with Gasteiger partial charge in [-0.3, -0.25) is 9.59 Å². The second-order valence-corrected chi connectivity index (χ2v) is 7.59. The van der Waals surface area contributed by atoms with E-state index in [-0.39, 0.29) is 18.1 Å². The molecule has 0 spiro atoms. The van der Waals surface area contributed by atoms with Crippen LogP contribution in [0.3, 0.4) is 0 Å². The van der Waals surface area contributed by atoms with Crippen molar-refractivity contribution in [1.82, 2.24) is 5.32 Å². The number of nitrogens with zero attached hydrogens (tertiary/aromatic N) is 1. The van der Waals surface area contributed by atoms with Gasteiger partial charge in [-0.05, 0) is 43.2 Å². The molecule has 2 aromatic carbocycles. The molecule has 0 atom stereocenters. The van der Waals surface area contributed by atoms with Gasteiger partial charge in [0.1, 0.15) is 0 Å². The van der Waals surface area contributed by atoms with Crippen LogP contribution in [0.25, 0.3) is 0 Å². The monoisotopic (exact) mass is 417 g/mol. The highest BCUT2D eigenvalue weighted by Gasteiger charge is 2.23. The lowest BCUT2D eigenvalue weighted by atomic mass is 10.1. The quantitative estimate of drug-likeness (QED) is 0.658. The SMILES string of the molecule is Cc1cccc(N2CC[NH+](CC(=O)NCC(=O)Nc3ccc(F)c(F)c3)CC2)c1C. The average molecular weight is 417 g/mol. The molecular weight excluding hydrogens is 390 g/mol. The van der Waals surface area contributed by atoms with E-state index in [0.717, 1.165) is 43.2 Å². The topological polar surface area (TPSA) is 65.9 Å². The molecule has 2 aromatic rings. The van der Waals surface area contributed by atoms with Crippen LogP contribution in [0.2, 0.25) is 0 Å². The summed E-state index contributed by atoms with van der Waals surface area (Å²) in [5, 5.41) is 5.01. The van der Waals surface area contributed by atoms with Gasteiger partial charge in [-0.15, -0.1) is 0 Å². The van der Waals surface area contributed by atoms with Crippen molar-refractivity contribution in [2.45, 2.75) is 13.8 Å². The van der Waals surface area contributed by atoms with E-state index in [1.807, 2.05) is 0 Å². The van der Waals surface area contributed by atoms with Crippen molar-refractivity contribution in [3.8, 4) is 0 Å². The van der Waals surface area contributed by atoms with Crippen LogP contribution >= 0.6 is 0 Å². The molecule has 0 bridgehead atoms. The van der Waals surface area contributed by atoms with Crippen molar-refractivity contribution in [3.63, 3.8) is 0 Å². The smallest absolute Gasteiger partial charge is 0.275 e. The first-order valence-corrected chi connectivity index (χ1v) is 10.00. The van der Waals surface area contributed by atoms with Crippen LogP contribution < -0.4 is 20.4 Å². The molecule has 0 unspecified atom stereocenters. The maximum absolute atomic E-state index is 13.2. The number of rotatable bonds is 6. The van der Waals surface area contributed by atoms with E-state index in [1.165, 1.54) is 22.9 Å². The summed E-state index contributed by atoms with van der Waals surface area (Å²) < 4.78 is 26.1. The zero-order valence-electron chi connectivity index (χ0n) is 17.2. The molecule has 0 radical (unpaired) electrons. The number of benzene rings is 2. The molecule has 1 saturated heterocycles. The highest BCUT2D eigenvalue weighted by Crippen LogP contribution is 2.22. The van der Waals surface area contributed by atoms with Gasteiger partial charge in [0.05, 0.1) is 32.7 Å². The van der Waals surface area contributed by atoms with Crippen molar-refractivity contribution < 1.29 is 23.3 Å². The van der Waals surface area contributed by atoms with Gasteiger partial charge >= 0.3 is 0 Å². The zero-order chi connectivity index (χ0) is 21.7. The molecule has 3 N–H and O–H groups in total. The molecule has 6 nitrogen and oxygen atoms in total. The van der Waals surface area contributed by atoms with Crippen LogP contribution in [0.15, 0.2) is 36.4 Å². The Kier molecular flexibility index (Phi) is 6.99. The van der Waals surface area contributed by atoms with Crippen LogP contribution in [0.5, 0.6) is 0 Å². The number of hydrogen-bond donors (Lipinski definition) is 3. The summed E-state index contributed by atoms with van der Waals surface area (Å²) >= 11 is 0. The average Bonchev–Trinajstić information content (AvgIpc) is 2.72. The van der Waals surface area contributed by atoms with E-state index in [4.69, 9.17) is 0 Å². The summed E-state index contributed by atoms with van der Waals surface area (Å²) in [4.78, 5) is 27.6. The maximum Gasteiger partial charge on any atom is 0.275 e. The first-order valence-electron chi connectivity index (χ1n) is 10.00. The molecule has 1 fully saturated rings. The largest absolute Gasteiger partial charge is 0.360 e. The Bertz CT molecular complexity index is 927. The lowest BCUT2D eigenvalue weighted by molar-refractivity contribution is -0.892. The van der Waals surface area contributed by atoms with Crippen molar-refractivity contribution in [2.75, 3.05) is 49.5 Å². The van der Waals surface area contributed by atoms with Crippen LogP contribution in [0.1, 0.15) is 11.1 Å². The van der Waals surface area contributed by atoms with Crippen LogP contribution in [0, 0.1) is 25.5 Å². The Labute approximate surface area is 174 Å². The molecule has 30 heavy (non-hydrogen) atoms. The molecule has 8 heteroatoms. The number of quaternary nitrogens is 1. The third kappa shape index (κ3) is 5.54. The van der Waals surface area contributed by atoms with Gasteiger partial charge in [-0.2, -0.15) is 0 Å². The molecule has 2 amide bonds. The minimum Gasteiger partial charge on any atom is -0.360 e. The molecule has 0 saturated carbocycles. The lowest BCUT2D eigenvalue weighted by Crippen LogP contribution is -3.16. The minimum absolute atomic E-state index is 0.140. The van der Waals surface area contributed by atoms with E-state index in [1.54, 1.807) is 0 Å². The molecule has 0 aromatic heterocycles. The van der Waals surface area contributed by atoms with Crippen LogP contribution in [-0.2, 0) is 9.59 Å². The number of amides is 2. The zero-order valence-corrected chi connectivity index (χ0v) is 17.2. The Hall–Kier alpha value is -3.00. The van der Waals surface area contributed by atoms with E-state index >= 15 is 0 Å². The summed E-state index contributed by atoms with van der Waals surface area (Å²) in [5.41, 5.74) is 3.93. The highest BCUT2D eigenvalue weighted by atomic mass is 19.2.